The third kappa shape index (κ3) is 3.71. The van der Waals surface area contributed by atoms with E-state index < -0.39 is 5.97 Å². The number of aliphatic carboxylic acids is 1. The molecule has 0 saturated heterocycles. The number of nitrogen functional groups attached to an aromatic ring is 1. The number of benzene rings is 1. The van der Waals surface area contributed by atoms with Crippen LogP contribution in [0.15, 0.2) is 29.6 Å². The number of carboxylic acid groups (broad SMARTS) is 1. The van der Waals surface area contributed by atoms with E-state index in [1.807, 2.05) is 41.5 Å². The first-order valence-electron chi connectivity index (χ1n) is 6.28. The zero-order valence-electron chi connectivity index (χ0n) is 11.2. The van der Waals surface area contributed by atoms with Crippen LogP contribution in [-0.4, -0.2) is 22.6 Å². The van der Waals surface area contributed by atoms with Gasteiger partial charge in [0.1, 0.15) is 0 Å². The molecule has 0 fully saturated rings. The predicted octanol–water partition coefficient (Wildman–Crippen LogP) is 2.52. The molecule has 0 unspecified atom stereocenters. The molecule has 0 aliphatic heterocycles. The largest absolute Gasteiger partial charge is 0.481 e. The molecular weight excluding hydrogens is 274 g/mol. The first-order valence-corrected chi connectivity index (χ1v) is 7.16. The molecule has 2 rings (SSSR count). The van der Waals surface area contributed by atoms with E-state index in [2.05, 4.69) is 4.98 Å². The smallest absolute Gasteiger partial charge is 0.305 e. The second kappa shape index (κ2) is 6.38. The van der Waals surface area contributed by atoms with Crippen LogP contribution in [0.1, 0.15) is 17.1 Å². The van der Waals surface area contributed by atoms with Crippen LogP contribution in [0.4, 0.5) is 11.4 Å². The molecule has 106 valence electrons. The van der Waals surface area contributed by atoms with Crippen molar-refractivity contribution in [1.82, 2.24) is 4.98 Å². The van der Waals surface area contributed by atoms with E-state index in [0.29, 0.717) is 18.8 Å². The Morgan fingerprint density at radius 1 is 1.45 bits per heavy atom. The van der Waals surface area contributed by atoms with Gasteiger partial charge in [-0.3, -0.25) is 4.79 Å². The number of aromatic nitrogens is 1. The number of anilines is 2. The zero-order chi connectivity index (χ0) is 14.5. The van der Waals surface area contributed by atoms with Crippen molar-refractivity contribution < 1.29 is 9.90 Å². The lowest BCUT2D eigenvalue weighted by molar-refractivity contribution is -0.136. The summed E-state index contributed by atoms with van der Waals surface area (Å²) in [5.41, 5.74) is 8.40. The number of carboxylic acids is 1. The molecule has 0 radical (unpaired) electrons. The van der Waals surface area contributed by atoms with Crippen LogP contribution in [0.2, 0.25) is 0 Å². The molecule has 0 bridgehead atoms. The Labute approximate surface area is 121 Å². The third-order valence-corrected chi connectivity index (χ3v) is 3.71. The number of nitrogens with two attached hydrogens (primary N) is 1. The number of aryl methyl sites for hydroxylation is 1. The van der Waals surface area contributed by atoms with Gasteiger partial charge in [0.25, 0.3) is 0 Å². The fourth-order valence-corrected chi connectivity index (χ4v) is 2.57. The van der Waals surface area contributed by atoms with Gasteiger partial charge in [0.15, 0.2) is 0 Å². The highest BCUT2D eigenvalue weighted by molar-refractivity contribution is 7.09. The van der Waals surface area contributed by atoms with Crippen molar-refractivity contribution in [2.45, 2.75) is 19.9 Å². The maximum absolute atomic E-state index is 10.8. The van der Waals surface area contributed by atoms with Crippen LogP contribution in [0.25, 0.3) is 0 Å². The number of carbonyl (C=O) groups is 1. The molecule has 5 nitrogen and oxygen atoms in total. The van der Waals surface area contributed by atoms with Gasteiger partial charge in [-0.25, -0.2) is 4.98 Å². The Balaban J connectivity index is 2.20. The quantitative estimate of drug-likeness (QED) is 0.799. The highest BCUT2D eigenvalue weighted by Crippen LogP contribution is 2.24. The van der Waals surface area contributed by atoms with E-state index in [1.54, 1.807) is 11.3 Å². The number of rotatable bonds is 6. The summed E-state index contributed by atoms with van der Waals surface area (Å²) >= 11 is 1.58. The summed E-state index contributed by atoms with van der Waals surface area (Å²) in [6.07, 6.45) is 0.0669. The summed E-state index contributed by atoms with van der Waals surface area (Å²) in [6, 6.07) is 7.47. The maximum Gasteiger partial charge on any atom is 0.305 e. The molecule has 1 heterocycles. The first-order chi connectivity index (χ1) is 9.56. The van der Waals surface area contributed by atoms with Crippen LogP contribution < -0.4 is 10.6 Å². The summed E-state index contributed by atoms with van der Waals surface area (Å²) < 4.78 is 0. The van der Waals surface area contributed by atoms with Gasteiger partial charge >= 0.3 is 5.97 Å². The molecule has 0 amide bonds. The fraction of sp³-hybridized carbons (Fsp3) is 0.286. The lowest BCUT2D eigenvalue weighted by Crippen LogP contribution is -2.26. The van der Waals surface area contributed by atoms with E-state index in [4.69, 9.17) is 10.8 Å². The number of thiazole rings is 1. The summed E-state index contributed by atoms with van der Waals surface area (Å²) in [6.45, 7) is 2.92. The summed E-state index contributed by atoms with van der Waals surface area (Å²) in [4.78, 5) is 17.2. The van der Waals surface area contributed by atoms with E-state index in [9.17, 15) is 4.79 Å². The van der Waals surface area contributed by atoms with Gasteiger partial charge in [0.05, 0.1) is 35.0 Å². The molecule has 20 heavy (non-hydrogen) atoms. The van der Waals surface area contributed by atoms with Gasteiger partial charge in [0, 0.05) is 11.9 Å². The van der Waals surface area contributed by atoms with Gasteiger partial charge in [-0.1, -0.05) is 12.1 Å². The molecule has 0 aliphatic rings. The molecule has 6 heteroatoms. The van der Waals surface area contributed by atoms with Crippen molar-refractivity contribution in [3.8, 4) is 0 Å². The molecule has 1 aromatic heterocycles. The van der Waals surface area contributed by atoms with E-state index in [1.165, 1.54) is 0 Å². The lowest BCUT2D eigenvalue weighted by atomic mass is 10.2. The van der Waals surface area contributed by atoms with Crippen molar-refractivity contribution in [2.24, 2.45) is 0 Å². The van der Waals surface area contributed by atoms with Gasteiger partial charge < -0.3 is 15.7 Å². The minimum atomic E-state index is -0.820. The second-order valence-corrected chi connectivity index (χ2v) is 5.54. The van der Waals surface area contributed by atoms with Crippen molar-refractivity contribution in [3.05, 3.63) is 40.3 Å². The van der Waals surface area contributed by atoms with Crippen molar-refractivity contribution in [3.63, 3.8) is 0 Å². The van der Waals surface area contributed by atoms with Crippen molar-refractivity contribution >= 4 is 28.7 Å². The average molecular weight is 291 g/mol. The average Bonchev–Trinajstić information content (AvgIpc) is 2.81. The van der Waals surface area contributed by atoms with Gasteiger partial charge in [-0.2, -0.15) is 0 Å². The molecule has 0 saturated carbocycles. The molecule has 3 N–H and O–H groups in total. The Morgan fingerprint density at radius 2 is 2.20 bits per heavy atom. The third-order valence-electron chi connectivity index (χ3n) is 2.89. The topological polar surface area (TPSA) is 79.5 Å². The minimum Gasteiger partial charge on any atom is -0.481 e. The number of hydrogen-bond acceptors (Lipinski definition) is 5. The lowest BCUT2D eigenvalue weighted by Gasteiger charge is -2.24. The summed E-state index contributed by atoms with van der Waals surface area (Å²) in [5.74, 6) is -0.820. The SMILES string of the molecule is Cc1nc(CN(CCC(=O)O)c2ccccc2N)cs1. The van der Waals surface area contributed by atoms with Crippen molar-refractivity contribution in [2.75, 3.05) is 17.2 Å². The highest BCUT2D eigenvalue weighted by Gasteiger charge is 2.13. The Bertz CT molecular complexity index is 598. The van der Waals surface area contributed by atoms with E-state index >= 15 is 0 Å². The van der Waals surface area contributed by atoms with Crippen LogP contribution in [0.3, 0.4) is 0 Å². The molecule has 0 atom stereocenters. The standard InChI is InChI=1S/C14H17N3O2S/c1-10-16-11(9-20-10)8-17(7-6-14(18)19)13-5-3-2-4-12(13)15/h2-5,9H,6-8,15H2,1H3,(H,18,19). The molecule has 0 aliphatic carbocycles. The number of hydrogen-bond donors (Lipinski definition) is 2. The van der Waals surface area contributed by atoms with Crippen LogP contribution >= 0.6 is 11.3 Å². The number of nitrogens with zero attached hydrogens (tertiary/aromatic N) is 2. The van der Waals surface area contributed by atoms with Crippen LogP contribution in [0, 0.1) is 6.92 Å². The fourth-order valence-electron chi connectivity index (χ4n) is 1.97. The highest BCUT2D eigenvalue weighted by atomic mass is 32.1. The predicted molar refractivity (Wildman–Crippen MR) is 81.0 cm³/mol. The van der Waals surface area contributed by atoms with Crippen LogP contribution in [0.5, 0.6) is 0 Å². The monoisotopic (exact) mass is 291 g/mol. The summed E-state index contributed by atoms with van der Waals surface area (Å²) in [5, 5.41) is 11.9. The van der Waals surface area contributed by atoms with Crippen molar-refractivity contribution in [1.29, 1.82) is 0 Å². The zero-order valence-corrected chi connectivity index (χ0v) is 12.1. The van der Waals surface area contributed by atoms with Gasteiger partial charge in [0.2, 0.25) is 0 Å². The summed E-state index contributed by atoms with van der Waals surface area (Å²) in [7, 11) is 0. The molecule has 2 aromatic rings. The molecule has 1 aromatic carbocycles. The molecular formula is C14H17N3O2S. The Morgan fingerprint density at radius 3 is 2.80 bits per heavy atom. The normalized spacial score (nSPS) is 10.4. The Hall–Kier alpha value is -2.08. The maximum atomic E-state index is 10.8. The van der Waals surface area contributed by atoms with Crippen LogP contribution in [-0.2, 0) is 11.3 Å². The minimum absolute atomic E-state index is 0.0669. The first kappa shape index (κ1) is 14.3. The van der Waals surface area contributed by atoms with Gasteiger partial charge in [-0.15, -0.1) is 11.3 Å². The van der Waals surface area contributed by atoms with E-state index in [0.717, 1.165) is 16.4 Å². The number of para-hydroxylation sites is 2. The van der Waals surface area contributed by atoms with E-state index in [-0.39, 0.29) is 6.42 Å². The Kier molecular flexibility index (Phi) is 4.57. The molecule has 0 spiro atoms. The van der Waals surface area contributed by atoms with Gasteiger partial charge in [-0.05, 0) is 19.1 Å². The second-order valence-electron chi connectivity index (χ2n) is 4.48.